The lowest BCUT2D eigenvalue weighted by molar-refractivity contribution is -0.143. The Morgan fingerprint density at radius 3 is 2.47 bits per heavy atom. The molecule has 2 rings (SSSR count). The van der Waals surface area contributed by atoms with Crippen LogP contribution in [0.15, 0.2) is 0 Å². The van der Waals surface area contributed by atoms with Crippen LogP contribution in [0, 0.1) is 5.92 Å². The van der Waals surface area contributed by atoms with Gasteiger partial charge in [-0.1, -0.05) is 27.7 Å². The zero-order chi connectivity index (χ0) is 14.6. The first-order valence-electron chi connectivity index (χ1n) is 7.06. The summed E-state index contributed by atoms with van der Waals surface area (Å²) in [5.41, 5.74) is -1.10. The largest absolute Gasteiger partial charge is 0.410 e. The number of hydrogen-bond acceptors (Lipinski definition) is 4. The molecule has 5 heteroatoms. The average Bonchev–Trinajstić information content (AvgIpc) is 2.74. The molecule has 4 nitrogen and oxygen atoms in total. The van der Waals surface area contributed by atoms with Gasteiger partial charge in [-0.2, -0.15) is 0 Å². The lowest BCUT2D eigenvalue weighted by Crippen LogP contribution is -2.57. The number of carbonyl (C=O) groups excluding carboxylic acids is 1. The molecule has 0 radical (unpaired) electrons. The summed E-state index contributed by atoms with van der Waals surface area (Å²) in [5, 5.41) is 9.77. The summed E-state index contributed by atoms with van der Waals surface area (Å²) < 4.78 is 12.1. The molecule has 2 aliphatic rings. The standard InChI is InChI=1S/C14H26O4Si/c1-9-10-7-11(14(8-15,17-10)12(9)16)18-19(5,6)13(2,3)4/h9-11,15H,7-8H2,1-6H3/t9-,10+,11+,14-/m0/s1. The number of fused-ring (bicyclic) bond motifs is 2. The van der Waals surface area contributed by atoms with Crippen molar-refractivity contribution in [3.63, 3.8) is 0 Å². The Morgan fingerprint density at radius 2 is 2.05 bits per heavy atom. The lowest BCUT2D eigenvalue weighted by Gasteiger charge is -2.42. The minimum absolute atomic E-state index is 0.00922. The molecule has 2 bridgehead atoms. The minimum Gasteiger partial charge on any atom is -0.410 e. The molecule has 2 fully saturated rings. The molecule has 0 saturated carbocycles. The van der Waals surface area contributed by atoms with E-state index >= 15 is 0 Å². The molecule has 0 amide bonds. The molecule has 2 saturated heterocycles. The van der Waals surface area contributed by atoms with Crippen LogP contribution in [-0.2, 0) is 14.0 Å². The Balaban J connectivity index is 2.22. The lowest BCUT2D eigenvalue weighted by atomic mass is 9.79. The van der Waals surface area contributed by atoms with E-state index in [4.69, 9.17) is 9.16 Å². The maximum absolute atomic E-state index is 12.3. The highest BCUT2D eigenvalue weighted by atomic mass is 28.4. The van der Waals surface area contributed by atoms with Gasteiger partial charge in [0.1, 0.15) is 0 Å². The Labute approximate surface area is 116 Å². The van der Waals surface area contributed by atoms with Crippen molar-refractivity contribution in [1.82, 2.24) is 0 Å². The first-order valence-corrected chi connectivity index (χ1v) is 9.97. The Morgan fingerprint density at radius 1 is 1.47 bits per heavy atom. The van der Waals surface area contributed by atoms with Crippen LogP contribution in [0.5, 0.6) is 0 Å². The van der Waals surface area contributed by atoms with Gasteiger partial charge in [0.25, 0.3) is 0 Å². The Kier molecular flexibility index (Phi) is 3.50. The van der Waals surface area contributed by atoms with Gasteiger partial charge in [-0.05, 0) is 18.1 Å². The third-order valence-electron chi connectivity index (χ3n) is 5.19. The fraction of sp³-hybridized carbons (Fsp3) is 0.929. The fourth-order valence-electron chi connectivity index (χ4n) is 2.77. The molecule has 0 aromatic heterocycles. The molecule has 110 valence electrons. The fourth-order valence-corrected chi connectivity index (χ4v) is 4.12. The van der Waals surface area contributed by atoms with Gasteiger partial charge in [-0.15, -0.1) is 0 Å². The molecule has 19 heavy (non-hydrogen) atoms. The first-order chi connectivity index (χ1) is 8.55. The van der Waals surface area contributed by atoms with Crippen molar-refractivity contribution in [3.8, 4) is 0 Å². The van der Waals surface area contributed by atoms with Crippen molar-refractivity contribution in [2.45, 2.75) is 70.1 Å². The topological polar surface area (TPSA) is 55.8 Å². The number of aliphatic hydroxyl groups excluding tert-OH is 1. The summed E-state index contributed by atoms with van der Waals surface area (Å²) >= 11 is 0. The summed E-state index contributed by atoms with van der Waals surface area (Å²) in [6.07, 6.45) is 0.349. The number of rotatable bonds is 3. The van der Waals surface area contributed by atoms with E-state index in [1.807, 2.05) is 6.92 Å². The average molecular weight is 286 g/mol. The quantitative estimate of drug-likeness (QED) is 0.807. The number of ether oxygens (including phenoxy) is 1. The maximum atomic E-state index is 12.3. The third-order valence-corrected chi connectivity index (χ3v) is 9.68. The second-order valence-electron chi connectivity index (χ2n) is 7.46. The zero-order valence-electron chi connectivity index (χ0n) is 12.8. The van der Waals surface area contributed by atoms with E-state index in [0.29, 0.717) is 0 Å². The van der Waals surface area contributed by atoms with Gasteiger partial charge in [0.2, 0.25) is 0 Å². The summed E-state index contributed by atoms with van der Waals surface area (Å²) in [4.78, 5) is 12.3. The Hall–Kier alpha value is -0.233. The van der Waals surface area contributed by atoms with E-state index in [1.165, 1.54) is 0 Å². The van der Waals surface area contributed by atoms with Crippen molar-refractivity contribution >= 4 is 14.1 Å². The van der Waals surface area contributed by atoms with Gasteiger partial charge in [-0.25, -0.2) is 0 Å². The van der Waals surface area contributed by atoms with Crippen LogP contribution in [0.3, 0.4) is 0 Å². The van der Waals surface area contributed by atoms with Gasteiger partial charge < -0.3 is 14.3 Å². The second-order valence-corrected chi connectivity index (χ2v) is 12.2. The number of ketones is 1. The Bertz CT molecular complexity index is 387. The van der Waals surface area contributed by atoms with Crippen molar-refractivity contribution in [3.05, 3.63) is 0 Å². The summed E-state index contributed by atoms with van der Waals surface area (Å²) in [7, 11) is -1.97. The predicted octanol–water partition coefficient (Wildman–Crippen LogP) is 2.12. The second kappa shape index (κ2) is 4.38. The van der Waals surface area contributed by atoms with Crippen LogP contribution in [0.25, 0.3) is 0 Å². The van der Waals surface area contributed by atoms with Crippen LogP contribution >= 0.6 is 0 Å². The van der Waals surface area contributed by atoms with Gasteiger partial charge in [0.05, 0.1) is 18.8 Å². The summed E-state index contributed by atoms with van der Waals surface area (Å²) in [6, 6.07) is 0. The summed E-state index contributed by atoms with van der Waals surface area (Å²) in [5.74, 6) is -0.110. The molecular weight excluding hydrogens is 260 g/mol. The zero-order valence-corrected chi connectivity index (χ0v) is 13.8. The van der Waals surface area contributed by atoms with Crippen molar-refractivity contribution in [2.24, 2.45) is 5.92 Å². The van der Waals surface area contributed by atoms with E-state index in [-0.39, 0.29) is 35.6 Å². The normalized spacial score (nSPS) is 39.1. The van der Waals surface area contributed by atoms with Crippen LogP contribution in [0.4, 0.5) is 0 Å². The van der Waals surface area contributed by atoms with Crippen LogP contribution in [0.2, 0.25) is 18.1 Å². The minimum atomic E-state index is -1.97. The molecule has 0 aromatic carbocycles. The molecular formula is C14H26O4Si. The van der Waals surface area contributed by atoms with E-state index in [0.717, 1.165) is 6.42 Å². The van der Waals surface area contributed by atoms with E-state index < -0.39 is 13.9 Å². The molecule has 0 unspecified atom stereocenters. The molecule has 4 atom stereocenters. The van der Waals surface area contributed by atoms with E-state index in [9.17, 15) is 9.90 Å². The maximum Gasteiger partial charge on any atom is 0.192 e. The smallest absolute Gasteiger partial charge is 0.192 e. The van der Waals surface area contributed by atoms with Crippen LogP contribution in [0.1, 0.15) is 34.1 Å². The molecule has 2 heterocycles. The molecule has 0 spiro atoms. The van der Waals surface area contributed by atoms with Gasteiger partial charge in [0, 0.05) is 12.3 Å². The molecule has 0 aromatic rings. The monoisotopic (exact) mass is 286 g/mol. The van der Waals surface area contributed by atoms with E-state index in [1.54, 1.807) is 0 Å². The molecule has 2 aliphatic heterocycles. The van der Waals surface area contributed by atoms with Gasteiger partial charge in [-0.3, -0.25) is 4.79 Å². The predicted molar refractivity (Wildman–Crippen MR) is 75.5 cm³/mol. The van der Waals surface area contributed by atoms with Crippen molar-refractivity contribution in [1.29, 1.82) is 0 Å². The van der Waals surface area contributed by atoms with Crippen molar-refractivity contribution < 1.29 is 19.1 Å². The number of aliphatic hydroxyl groups is 1. The van der Waals surface area contributed by atoms with Gasteiger partial charge >= 0.3 is 0 Å². The number of carbonyl (C=O) groups is 1. The van der Waals surface area contributed by atoms with Crippen molar-refractivity contribution in [2.75, 3.05) is 6.61 Å². The van der Waals surface area contributed by atoms with Crippen LogP contribution < -0.4 is 0 Å². The SMILES string of the molecule is C[C@@H]1C(=O)[C@@]2(CO)O[C@@H]1C[C@H]2O[Si](C)(C)C(C)(C)C. The third kappa shape index (κ3) is 2.11. The van der Waals surface area contributed by atoms with Gasteiger partial charge in [0.15, 0.2) is 19.7 Å². The first kappa shape index (κ1) is 15.2. The molecule has 1 N–H and O–H groups in total. The van der Waals surface area contributed by atoms with E-state index in [2.05, 4.69) is 33.9 Å². The molecule has 0 aliphatic carbocycles. The highest BCUT2D eigenvalue weighted by Crippen LogP contribution is 2.48. The highest BCUT2D eigenvalue weighted by Gasteiger charge is 2.64. The summed E-state index contributed by atoms with van der Waals surface area (Å²) in [6.45, 7) is 12.4. The van der Waals surface area contributed by atoms with Crippen LogP contribution in [-0.4, -0.2) is 43.6 Å². The highest BCUT2D eigenvalue weighted by molar-refractivity contribution is 6.74. The number of Topliss-reactive ketones (excluding diaryl/α,β-unsaturated/α-hetero) is 1. The number of hydrogen-bond donors (Lipinski definition) is 1.